The fraction of sp³-hybridized carbons (Fsp3) is 0.765. The van der Waals surface area contributed by atoms with Crippen LogP contribution in [0, 0.1) is 5.92 Å². The van der Waals surface area contributed by atoms with E-state index in [4.69, 9.17) is 5.73 Å². The van der Waals surface area contributed by atoms with Gasteiger partial charge in [0.25, 0.3) is 0 Å². The van der Waals surface area contributed by atoms with Crippen LogP contribution >= 0.6 is 23.7 Å². The van der Waals surface area contributed by atoms with Crippen LogP contribution in [0.4, 0.5) is 0 Å². The van der Waals surface area contributed by atoms with Gasteiger partial charge in [-0.15, -0.1) is 23.7 Å². The number of hydrogen-bond donors (Lipinski definition) is 2. The van der Waals surface area contributed by atoms with Gasteiger partial charge in [0, 0.05) is 49.6 Å². The molecule has 7 heteroatoms. The average molecular weight is 375 g/mol. The highest BCUT2D eigenvalue weighted by Crippen LogP contribution is 2.23. The SMILES string of the molecule is CC(C)Cc1ncc(CN2CCCCC2CNC(=O)CCN)s1.Cl. The van der Waals surface area contributed by atoms with Crippen LogP contribution in [-0.2, 0) is 17.8 Å². The van der Waals surface area contributed by atoms with Gasteiger partial charge < -0.3 is 11.1 Å². The number of rotatable bonds is 8. The van der Waals surface area contributed by atoms with Gasteiger partial charge in [0.15, 0.2) is 0 Å². The van der Waals surface area contributed by atoms with E-state index in [1.807, 2.05) is 17.5 Å². The summed E-state index contributed by atoms with van der Waals surface area (Å²) in [6, 6.07) is 0.432. The molecule has 1 aromatic rings. The molecule has 24 heavy (non-hydrogen) atoms. The van der Waals surface area contributed by atoms with E-state index in [-0.39, 0.29) is 18.3 Å². The molecular formula is C17H31ClN4OS. The minimum absolute atomic E-state index is 0. The summed E-state index contributed by atoms with van der Waals surface area (Å²) in [5.41, 5.74) is 5.43. The summed E-state index contributed by atoms with van der Waals surface area (Å²) in [5.74, 6) is 0.713. The first-order chi connectivity index (χ1) is 11.1. The third-order valence-electron chi connectivity index (χ3n) is 4.20. The lowest BCUT2D eigenvalue weighted by Crippen LogP contribution is -2.46. The van der Waals surface area contributed by atoms with E-state index in [2.05, 4.69) is 29.0 Å². The lowest BCUT2D eigenvalue weighted by molar-refractivity contribution is -0.121. The molecule has 0 spiro atoms. The molecular weight excluding hydrogens is 344 g/mol. The van der Waals surface area contributed by atoms with Crippen molar-refractivity contribution in [1.29, 1.82) is 0 Å². The molecule has 0 bridgehead atoms. The monoisotopic (exact) mass is 374 g/mol. The zero-order valence-corrected chi connectivity index (χ0v) is 16.4. The molecule has 1 aliphatic heterocycles. The number of carbonyl (C=O) groups is 1. The van der Waals surface area contributed by atoms with Crippen molar-refractivity contribution in [2.75, 3.05) is 19.6 Å². The Morgan fingerprint density at radius 2 is 2.29 bits per heavy atom. The van der Waals surface area contributed by atoms with Gasteiger partial charge in [0.05, 0.1) is 5.01 Å². The summed E-state index contributed by atoms with van der Waals surface area (Å²) in [7, 11) is 0. The highest BCUT2D eigenvalue weighted by atomic mass is 35.5. The first-order valence-electron chi connectivity index (χ1n) is 8.73. The van der Waals surface area contributed by atoms with Crippen LogP contribution < -0.4 is 11.1 Å². The van der Waals surface area contributed by atoms with Crippen molar-refractivity contribution in [2.45, 2.75) is 58.5 Å². The van der Waals surface area contributed by atoms with E-state index in [1.54, 1.807) is 0 Å². The highest BCUT2D eigenvalue weighted by Gasteiger charge is 2.23. The Hall–Kier alpha value is -0.690. The second-order valence-corrected chi connectivity index (χ2v) is 7.98. The van der Waals surface area contributed by atoms with Gasteiger partial charge in [-0.25, -0.2) is 4.98 Å². The molecule has 0 radical (unpaired) electrons. The van der Waals surface area contributed by atoms with Crippen molar-refractivity contribution in [3.8, 4) is 0 Å². The number of hydrogen-bond acceptors (Lipinski definition) is 5. The third-order valence-corrected chi connectivity index (χ3v) is 5.20. The van der Waals surface area contributed by atoms with Gasteiger partial charge in [0.2, 0.25) is 5.91 Å². The number of likely N-dealkylation sites (tertiary alicyclic amines) is 1. The molecule has 1 aliphatic rings. The maximum atomic E-state index is 11.6. The molecule has 1 saturated heterocycles. The predicted octanol–water partition coefficient (Wildman–Crippen LogP) is 2.58. The molecule has 1 unspecified atom stereocenters. The third kappa shape index (κ3) is 7.05. The van der Waals surface area contributed by atoms with Crippen molar-refractivity contribution in [1.82, 2.24) is 15.2 Å². The lowest BCUT2D eigenvalue weighted by atomic mass is 10.0. The fourth-order valence-electron chi connectivity index (χ4n) is 3.02. The Kier molecular flexibility index (Phi) is 9.81. The Morgan fingerprint density at radius 1 is 1.50 bits per heavy atom. The van der Waals surface area contributed by atoms with E-state index in [0.29, 0.717) is 24.9 Å². The number of carbonyl (C=O) groups excluding carboxylic acids is 1. The van der Waals surface area contributed by atoms with E-state index in [9.17, 15) is 4.79 Å². The first-order valence-corrected chi connectivity index (χ1v) is 9.54. The standard InChI is InChI=1S/C17H30N4OS.ClH/c1-13(2)9-17-20-11-15(23-17)12-21-8-4-3-5-14(21)10-19-16(22)6-7-18;/h11,13-14H,3-10,12,18H2,1-2H3,(H,19,22);1H. The van der Waals surface area contributed by atoms with Crippen LogP contribution in [0.3, 0.4) is 0 Å². The molecule has 1 aromatic heterocycles. The van der Waals surface area contributed by atoms with Gasteiger partial charge >= 0.3 is 0 Å². The fourth-order valence-corrected chi connectivity index (χ4v) is 4.18. The summed E-state index contributed by atoms with van der Waals surface area (Å²) >= 11 is 1.83. The molecule has 138 valence electrons. The maximum Gasteiger partial charge on any atom is 0.221 e. The Morgan fingerprint density at radius 3 is 3.00 bits per heavy atom. The summed E-state index contributed by atoms with van der Waals surface area (Å²) < 4.78 is 0. The molecule has 1 amide bonds. The molecule has 0 aliphatic carbocycles. The zero-order chi connectivity index (χ0) is 16.7. The maximum absolute atomic E-state index is 11.6. The predicted molar refractivity (Wildman–Crippen MR) is 103 cm³/mol. The van der Waals surface area contributed by atoms with Gasteiger partial charge in [-0.1, -0.05) is 20.3 Å². The number of halogens is 1. The number of thiazole rings is 1. The molecule has 2 rings (SSSR count). The lowest BCUT2D eigenvalue weighted by Gasteiger charge is -2.35. The zero-order valence-electron chi connectivity index (χ0n) is 14.8. The normalized spacial score (nSPS) is 18.4. The second-order valence-electron chi connectivity index (χ2n) is 6.78. The van der Waals surface area contributed by atoms with Crippen molar-refractivity contribution in [3.63, 3.8) is 0 Å². The highest BCUT2D eigenvalue weighted by molar-refractivity contribution is 7.11. The minimum Gasteiger partial charge on any atom is -0.354 e. The van der Waals surface area contributed by atoms with Gasteiger partial charge in [-0.3, -0.25) is 9.69 Å². The van der Waals surface area contributed by atoms with E-state index < -0.39 is 0 Å². The molecule has 1 atom stereocenters. The molecule has 2 heterocycles. The summed E-state index contributed by atoms with van der Waals surface area (Å²) in [4.78, 5) is 20.0. The van der Waals surface area contributed by atoms with Crippen LogP contribution in [0.5, 0.6) is 0 Å². The summed E-state index contributed by atoms with van der Waals surface area (Å²) in [6.07, 6.45) is 7.14. The van der Waals surface area contributed by atoms with Crippen LogP contribution in [0.1, 0.15) is 49.4 Å². The van der Waals surface area contributed by atoms with Gasteiger partial charge in [-0.05, 0) is 25.3 Å². The Labute approximate surface area is 155 Å². The molecule has 1 fully saturated rings. The largest absolute Gasteiger partial charge is 0.354 e. The van der Waals surface area contributed by atoms with E-state index in [0.717, 1.165) is 32.5 Å². The van der Waals surface area contributed by atoms with Crippen LogP contribution in [-0.4, -0.2) is 41.5 Å². The van der Waals surface area contributed by atoms with Gasteiger partial charge in [-0.2, -0.15) is 0 Å². The van der Waals surface area contributed by atoms with Crippen LogP contribution in [0.25, 0.3) is 0 Å². The molecule has 0 aromatic carbocycles. The molecule has 3 N–H and O–H groups in total. The number of nitrogens with two attached hydrogens (primary N) is 1. The van der Waals surface area contributed by atoms with Crippen molar-refractivity contribution < 1.29 is 4.79 Å². The Bertz CT molecular complexity index is 495. The number of amides is 1. The number of nitrogens with one attached hydrogen (secondary N) is 1. The smallest absolute Gasteiger partial charge is 0.221 e. The number of nitrogens with zero attached hydrogens (tertiary/aromatic N) is 2. The summed E-state index contributed by atoms with van der Waals surface area (Å²) in [5, 5.41) is 4.26. The van der Waals surface area contributed by atoms with Crippen molar-refractivity contribution >= 4 is 29.7 Å². The van der Waals surface area contributed by atoms with Gasteiger partial charge in [0.1, 0.15) is 0 Å². The topological polar surface area (TPSA) is 71.2 Å². The van der Waals surface area contributed by atoms with E-state index in [1.165, 1.54) is 22.7 Å². The average Bonchev–Trinajstić information content (AvgIpc) is 2.93. The van der Waals surface area contributed by atoms with Crippen LogP contribution in [0.2, 0.25) is 0 Å². The van der Waals surface area contributed by atoms with Crippen LogP contribution in [0.15, 0.2) is 6.20 Å². The number of piperidine rings is 1. The number of aromatic nitrogens is 1. The van der Waals surface area contributed by atoms with E-state index >= 15 is 0 Å². The summed E-state index contributed by atoms with van der Waals surface area (Å²) in [6.45, 7) is 7.66. The molecule has 5 nitrogen and oxygen atoms in total. The van der Waals surface area contributed by atoms with Crippen molar-refractivity contribution in [2.24, 2.45) is 11.7 Å². The second kappa shape index (κ2) is 11.0. The van der Waals surface area contributed by atoms with Crippen molar-refractivity contribution in [3.05, 3.63) is 16.1 Å². The molecule has 0 saturated carbocycles. The first kappa shape index (κ1) is 21.4. The Balaban J connectivity index is 0.00000288. The minimum atomic E-state index is 0. The quantitative estimate of drug-likeness (QED) is 0.733.